The molecule has 0 radical (unpaired) electrons. The van der Waals surface area contributed by atoms with Crippen molar-refractivity contribution in [2.75, 3.05) is 53.2 Å². The van der Waals surface area contributed by atoms with E-state index in [-0.39, 0.29) is 31.8 Å². The van der Waals surface area contributed by atoms with Crippen LogP contribution in [0.3, 0.4) is 0 Å². The number of unbranched alkanes of at least 4 members (excludes halogenated alkanes) is 1. The zero-order valence-corrected chi connectivity index (χ0v) is 15.9. The van der Waals surface area contributed by atoms with E-state index < -0.39 is 24.5 Å². The van der Waals surface area contributed by atoms with Gasteiger partial charge in [0.15, 0.2) is 0 Å². The summed E-state index contributed by atoms with van der Waals surface area (Å²) in [6.45, 7) is 0.852. The first-order chi connectivity index (χ1) is 13.0. The van der Waals surface area contributed by atoms with Crippen molar-refractivity contribution in [3.8, 4) is 0 Å². The summed E-state index contributed by atoms with van der Waals surface area (Å²) in [7, 11) is 1.74. The number of primary amides is 1. The lowest BCUT2D eigenvalue weighted by Gasteiger charge is -2.16. The van der Waals surface area contributed by atoms with E-state index in [1.165, 1.54) is 0 Å². The summed E-state index contributed by atoms with van der Waals surface area (Å²) < 4.78 is 10.4. The highest BCUT2D eigenvalue weighted by Crippen LogP contribution is 1.99. The summed E-state index contributed by atoms with van der Waals surface area (Å²) in [5, 5.41) is 16.8. The summed E-state index contributed by atoms with van der Waals surface area (Å²) in [4.78, 5) is 34.3. The third-order valence-electron chi connectivity index (χ3n) is 3.62. The molecule has 0 aromatic carbocycles. The molecule has 0 saturated heterocycles. The SMILES string of the molecule is CNC(CCCCN)C(=O)NCCOCCOCC(=O)NC(CO)C(N)=O. The normalized spacial score (nSPS) is 13.0. The monoisotopic (exact) mass is 391 g/mol. The van der Waals surface area contributed by atoms with Gasteiger partial charge in [0.25, 0.3) is 0 Å². The summed E-state index contributed by atoms with van der Waals surface area (Å²) >= 11 is 0. The molecular weight excluding hydrogens is 358 g/mol. The van der Waals surface area contributed by atoms with Crippen molar-refractivity contribution in [3.63, 3.8) is 0 Å². The number of nitrogens with one attached hydrogen (secondary N) is 3. The second kappa shape index (κ2) is 16.4. The van der Waals surface area contributed by atoms with E-state index in [4.69, 9.17) is 26.0 Å². The van der Waals surface area contributed by atoms with E-state index in [0.717, 1.165) is 19.3 Å². The molecule has 3 amide bonds. The number of rotatable bonds is 17. The van der Waals surface area contributed by atoms with Crippen LogP contribution >= 0.6 is 0 Å². The predicted octanol–water partition coefficient (Wildman–Crippen LogP) is -3.18. The zero-order chi connectivity index (χ0) is 20.5. The number of hydrogen-bond donors (Lipinski definition) is 6. The van der Waals surface area contributed by atoms with Crippen LogP contribution < -0.4 is 27.4 Å². The minimum atomic E-state index is -1.13. The molecule has 0 bridgehead atoms. The van der Waals surface area contributed by atoms with E-state index in [0.29, 0.717) is 19.7 Å². The molecule has 0 aromatic heterocycles. The molecule has 2 atom stereocenters. The van der Waals surface area contributed by atoms with Gasteiger partial charge in [0.05, 0.1) is 32.5 Å². The molecule has 0 aliphatic carbocycles. The van der Waals surface area contributed by atoms with E-state index >= 15 is 0 Å². The molecule has 0 aliphatic heterocycles. The Bertz CT molecular complexity index is 438. The third kappa shape index (κ3) is 13.1. The number of carbonyl (C=O) groups is 3. The van der Waals surface area contributed by atoms with Crippen molar-refractivity contribution < 1.29 is 29.0 Å². The van der Waals surface area contributed by atoms with Crippen LogP contribution in [0.25, 0.3) is 0 Å². The lowest BCUT2D eigenvalue weighted by molar-refractivity contribution is -0.131. The van der Waals surface area contributed by atoms with Crippen LogP contribution in [0.4, 0.5) is 0 Å². The van der Waals surface area contributed by atoms with Crippen LogP contribution in [0.1, 0.15) is 19.3 Å². The number of likely N-dealkylation sites (N-methyl/N-ethyl adjacent to an activating group) is 1. The van der Waals surface area contributed by atoms with Crippen LogP contribution in [0.5, 0.6) is 0 Å². The van der Waals surface area contributed by atoms with E-state index in [1.54, 1.807) is 7.05 Å². The Hall–Kier alpha value is -1.79. The number of nitrogens with two attached hydrogens (primary N) is 2. The van der Waals surface area contributed by atoms with Gasteiger partial charge in [0.1, 0.15) is 12.6 Å². The molecule has 0 rings (SSSR count). The largest absolute Gasteiger partial charge is 0.394 e. The fourth-order valence-electron chi connectivity index (χ4n) is 2.10. The topological polar surface area (TPSA) is 178 Å². The van der Waals surface area contributed by atoms with Crippen LogP contribution in [-0.4, -0.2) is 88.1 Å². The molecule has 0 spiro atoms. The lowest BCUT2D eigenvalue weighted by Crippen LogP contribution is -2.48. The molecule has 27 heavy (non-hydrogen) atoms. The van der Waals surface area contributed by atoms with Crippen molar-refractivity contribution >= 4 is 17.7 Å². The Kier molecular flexibility index (Phi) is 15.3. The molecule has 0 aliphatic rings. The highest BCUT2D eigenvalue weighted by atomic mass is 16.5. The van der Waals surface area contributed by atoms with Crippen molar-refractivity contribution in [1.82, 2.24) is 16.0 Å². The Morgan fingerprint density at radius 3 is 2.37 bits per heavy atom. The van der Waals surface area contributed by atoms with Crippen LogP contribution in [0, 0.1) is 0 Å². The molecular formula is C16H33N5O6. The average molecular weight is 391 g/mol. The number of ether oxygens (including phenoxy) is 2. The maximum Gasteiger partial charge on any atom is 0.246 e. The molecule has 0 heterocycles. The van der Waals surface area contributed by atoms with Crippen LogP contribution in [-0.2, 0) is 23.9 Å². The minimum Gasteiger partial charge on any atom is -0.394 e. The lowest BCUT2D eigenvalue weighted by atomic mass is 10.1. The van der Waals surface area contributed by atoms with E-state index in [2.05, 4.69) is 16.0 Å². The van der Waals surface area contributed by atoms with Crippen molar-refractivity contribution in [2.45, 2.75) is 31.3 Å². The van der Waals surface area contributed by atoms with Gasteiger partial charge in [-0.25, -0.2) is 0 Å². The number of carbonyl (C=O) groups excluding carboxylic acids is 3. The summed E-state index contributed by atoms with van der Waals surface area (Å²) in [5.74, 6) is -1.47. The van der Waals surface area contributed by atoms with Gasteiger partial charge >= 0.3 is 0 Å². The fourth-order valence-corrected chi connectivity index (χ4v) is 2.10. The van der Waals surface area contributed by atoms with Gasteiger partial charge in [-0.2, -0.15) is 0 Å². The zero-order valence-electron chi connectivity index (χ0n) is 15.9. The van der Waals surface area contributed by atoms with Gasteiger partial charge in [0, 0.05) is 6.54 Å². The fraction of sp³-hybridized carbons (Fsp3) is 0.812. The average Bonchev–Trinajstić information content (AvgIpc) is 2.64. The summed E-state index contributed by atoms with van der Waals surface area (Å²) in [5.41, 5.74) is 10.4. The Labute approximate surface area is 159 Å². The molecule has 8 N–H and O–H groups in total. The number of amides is 3. The highest BCUT2D eigenvalue weighted by molar-refractivity contribution is 5.87. The van der Waals surface area contributed by atoms with E-state index in [9.17, 15) is 14.4 Å². The van der Waals surface area contributed by atoms with Gasteiger partial charge in [-0.1, -0.05) is 6.42 Å². The van der Waals surface area contributed by atoms with Gasteiger partial charge in [0.2, 0.25) is 17.7 Å². The molecule has 11 heteroatoms. The number of aliphatic hydroxyl groups excluding tert-OH is 1. The van der Waals surface area contributed by atoms with Gasteiger partial charge in [-0.15, -0.1) is 0 Å². The van der Waals surface area contributed by atoms with Crippen molar-refractivity contribution in [2.24, 2.45) is 11.5 Å². The Morgan fingerprint density at radius 1 is 1.07 bits per heavy atom. The molecule has 158 valence electrons. The standard InChI is InChI=1S/C16H33N5O6/c1-19-12(4-2-3-5-17)16(25)20-6-7-26-8-9-27-11-14(23)21-13(10-22)15(18)24/h12-13,19,22H,2-11,17H2,1H3,(H2,18,24)(H,20,25)(H,21,23). The smallest absolute Gasteiger partial charge is 0.246 e. The first-order valence-corrected chi connectivity index (χ1v) is 8.96. The molecule has 0 fully saturated rings. The molecule has 2 unspecified atom stereocenters. The van der Waals surface area contributed by atoms with Crippen LogP contribution in [0.2, 0.25) is 0 Å². The third-order valence-corrected chi connectivity index (χ3v) is 3.62. The molecule has 0 aromatic rings. The van der Waals surface area contributed by atoms with E-state index in [1.807, 2.05) is 0 Å². The van der Waals surface area contributed by atoms with Crippen molar-refractivity contribution in [1.29, 1.82) is 0 Å². The second-order valence-corrected chi connectivity index (χ2v) is 5.79. The molecule has 0 saturated carbocycles. The minimum absolute atomic E-state index is 0.0843. The van der Waals surface area contributed by atoms with Crippen LogP contribution in [0.15, 0.2) is 0 Å². The van der Waals surface area contributed by atoms with Crippen molar-refractivity contribution in [3.05, 3.63) is 0 Å². The van der Waals surface area contributed by atoms with Gasteiger partial charge < -0.3 is 42.0 Å². The highest BCUT2D eigenvalue weighted by Gasteiger charge is 2.16. The quantitative estimate of drug-likeness (QED) is 0.140. The molecule has 11 nitrogen and oxygen atoms in total. The number of aliphatic hydroxyl groups is 1. The summed E-state index contributed by atoms with van der Waals surface area (Å²) in [6.07, 6.45) is 2.49. The van der Waals surface area contributed by atoms with Gasteiger partial charge in [-0.05, 0) is 26.4 Å². The predicted molar refractivity (Wildman–Crippen MR) is 98.6 cm³/mol. The Balaban J connectivity index is 3.67. The maximum atomic E-state index is 12.0. The van der Waals surface area contributed by atoms with Gasteiger partial charge in [-0.3, -0.25) is 14.4 Å². The Morgan fingerprint density at radius 2 is 1.78 bits per heavy atom. The first kappa shape index (κ1) is 25.2. The first-order valence-electron chi connectivity index (χ1n) is 8.96. The maximum absolute atomic E-state index is 12.0. The summed E-state index contributed by atoms with van der Waals surface area (Å²) in [6, 6.07) is -1.38. The second-order valence-electron chi connectivity index (χ2n) is 5.79. The number of hydrogen-bond acceptors (Lipinski definition) is 8.